The van der Waals surface area contributed by atoms with Crippen molar-refractivity contribution in [3.05, 3.63) is 77.8 Å². The molecule has 0 unspecified atom stereocenters. The van der Waals surface area contributed by atoms with Crippen LogP contribution in [0.2, 0.25) is 0 Å². The Kier molecular flexibility index (Phi) is 3.27. The maximum atomic E-state index is 5.31. The smallest absolute Gasteiger partial charge is 0.141 e. The van der Waals surface area contributed by atoms with Gasteiger partial charge in [-0.2, -0.15) is 0 Å². The van der Waals surface area contributed by atoms with Crippen LogP contribution in [0.5, 0.6) is 0 Å². The van der Waals surface area contributed by atoms with E-state index in [2.05, 4.69) is 64.5 Å². The molecule has 4 rings (SSSR count). The molecular formula is C20H18N2O. The number of nitrogens with zero attached hydrogens (tertiary/aromatic N) is 2. The first-order chi connectivity index (χ1) is 11.2. The average molecular weight is 302 g/mol. The first kappa shape index (κ1) is 13.8. The molecule has 2 aromatic carbocycles. The largest absolute Gasteiger partial charge is 0.361 e. The standard InChI is InChI=1S/C20H18N2O/c1-14-20(15(2)23-21-14)18-9-8-17-10-11-22(19(17)12-18)13-16-6-4-3-5-7-16/h3-12H,13H2,1-2H3. The third-order valence-corrected chi connectivity index (χ3v) is 4.29. The van der Waals surface area contributed by atoms with Gasteiger partial charge in [0.15, 0.2) is 0 Å². The van der Waals surface area contributed by atoms with Crippen molar-refractivity contribution in [2.75, 3.05) is 0 Å². The molecule has 2 aromatic heterocycles. The third-order valence-electron chi connectivity index (χ3n) is 4.29. The molecule has 2 heterocycles. The van der Waals surface area contributed by atoms with Crippen molar-refractivity contribution in [2.45, 2.75) is 20.4 Å². The second kappa shape index (κ2) is 5.43. The molecular weight excluding hydrogens is 284 g/mol. The van der Waals surface area contributed by atoms with E-state index >= 15 is 0 Å². The van der Waals surface area contributed by atoms with E-state index in [1.807, 2.05) is 19.9 Å². The van der Waals surface area contributed by atoms with Crippen molar-refractivity contribution in [1.82, 2.24) is 9.72 Å². The molecule has 0 spiro atoms. The lowest BCUT2D eigenvalue weighted by molar-refractivity contribution is 0.393. The van der Waals surface area contributed by atoms with Crippen LogP contribution < -0.4 is 0 Å². The number of hydrogen-bond acceptors (Lipinski definition) is 2. The Morgan fingerprint density at radius 3 is 2.57 bits per heavy atom. The first-order valence-electron chi connectivity index (χ1n) is 7.78. The summed E-state index contributed by atoms with van der Waals surface area (Å²) in [5.41, 5.74) is 5.71. The number of aromatic nitrogens is 2. The SMILES string of the molecule is Cc1noc(C)c1-c1ccc2ccn(Cc3ccccc3)c2c1. The molecule has 114 valence electrons. The van der Waals surface area contributed by atoms with E-state index < -0.39 is 0 Å². The molecule has 0 atom stereocenters. The Morgan fingerprint density at radius 2 is 1.83 bits per heavy atom. The summed E-state index contributed by atoms with van der Waals surface area (Å²) in [5.74, 6) is 0.864. The number of benzene rings is 2. The molecule has 0 saturated heterocycles. The minimum absolute atomic E-state index is 0.864. The lowest BCUT2D eigenvalue weighted by Crippen LogP contribution is -1.97. The summed E-state index contributed by atoms with van der Waals surface area (Å²) in [6.45, 7) is 4.82. The lowest BCUT2D eigenvalue weighted by atomic mass is 10.0. The highest BCUT2D eigenvalue weighted by molar-refractivity contribution is 5.86. The predicted molar refractivity (Wildman–Crippen MR) is 92.5 cm³/mol. The van der Waals surface area contributed by atoms with Crippen LogP contribution in [-0.4, -0.2) is 9.72 Å². The molecule has 0 bridgehead atoms. The quantitative estimate of drug-likeness (QED) is 0.535. The van der Waals surface area contributed by atoms with Crippen molar-refractivity contribution in [3.63, 3.8) is 0 Å². The van der Waals surface area contributed by atoms with Crippen LogP contribution in [0.15, 0.2) is 65.3 Å². The van der Waals surface area contributed by atoms with E-state index in [1.165, 1.54) is 16.5 Å². The fourth-order valence-corrected chi connectivity index (χ4v) is 3.15. The highest BCUT2D eigenvalue weighted by atomic mass is 16.5. The fourth-order valence-electron chi connectivity index (χ4n) is 3.15. The predicted octanol–water partition coefficient (Wildman–Crippen LogP) is 4.96. The van der Waals surface area contributed by atoms with Crippen molar-refractivity contribution in [2.24, 2.45) is 0 Å². The zero-order valence-corrected chi connectivity index (χ0v) is 13.3. The number of rotatable bonds is 3. The molecule has 3 nitrogen and oxygen atoms in total. The normalized spacial score (nSPS) is 11.2. The van der Waals surface area contributed by atoms with Gasteiger partial charge in [0.25, 0.3) is 0 Å². The van der Waals surface area contributed by atoms with E-state index in [-0.39, 0.29) is 0 Å². The Labute approximate surface area is 135 Å². The van der Waals surface area contributed by atoms with E-state index in [4.69, 9.17) is 4.52 Å². The van der Waals surface area contributed by atoms with Gasteiger partial charge in [0.1, 0.15) is 5.76 Å². The molecule has 4 aromatic rings. The zero-order chi connectivity index (χ0) is 15.8. The topological polar surface area (TPSA) is 31.0 Å². The van der Waals surface area contributed by atoms with Crippen molar-refractivity contribution >= 4 is 10.9 Å². The van der Waals surface area contributed by atoms with E-state index in [9.17, 15) is 0 Å². The van der Waals surface area contributed by atoms with Crippen LogP contribution in [0.1, 0.15) is 17.0 Å². The summed E-state index contributed by atoms with van der Waals surface area (Å²) in [6.07, 6.45) is 2.15. The zero-order valence-electron chi connectivity index (χ0n) is 13.3. The monoisotopic (exact) mass is 302 g/mol. The second-order valence-corrected chi connectivity index (χ2v) is 5.90. The van der Waals surface area contributed by atoms with Crippen LogP contribution in [0.3, 0.4) is 0 Å². The van der Waals surface area contributed by atoms with Gasteiger partial charge in [-0.3, -0.25) is 0 Å². The lowest BCUT2D eigenvalue weighted by Gasteiger charge is -2.07. The van der Waals surface area contributed by atoms with Gasteiger partial charge in [0.05, 0.1) is 5.69 Å². The molecule has 0 aliphatic heterocycles. The molecule has 0 amide bonds. The maximum absolute atomic E-state index is 5.31. The highest BCUT2D eigenvalue weighted by Gasteiger charge is 2.12. The molecule has 23 heavy (non-hydrogen) atoms. The van der Waals surface area contributed by atoms with Gasteiger partial charge in [-0.15, -0.1) is 0 Å². The van der Waals surface area contributed by atoms with Crippen LogP contribution in [0.4, 0.5) is 0 Å². The average Bonchev–Trinajstić information content (AvgIpc) is 3.12. The third kappa shape index (κ3) is 2.44. The van der Waals surface area contributed by atoms with Crippen LogP contribution in [-0.2, 0) is 6.54 Å². The van der Waals surface area contributed by atoms with Crippen molar-refractivity contribution in [1.29, 1.82) is 0 Å². The Morgan fingerprint density at radius 1 is 1.00 bits per heavy atom. The number of hydrogen-bond donors (Lipinski definition) is 0. The molecule has 0 aliphatic rings. The molecule has 0 N–H and O–H groups in total. The van der Waals surface area contributed by atoms with E-state index in [0.717, 1.165) is 29.1 Å². The van der Waals surface area contributed by atoms with Crippen molar-refractivity contribution < 1.29 is 4.52 Å². The van der Waals surface area contributed by atoms with Gasteiger partial charge in [0.2, 0.25) is 0 Å². The fraction of sp³-hybridized carbons (Fsp3) is 0.150. The minimum atomic E-state index is 0.864. The summed E-state index contributed by atoms with van der Waals surface area (Å²) in [6, 6.07) is 19.2. The van der Waals surface area contributed by atoms with Gasteiger partial charge in [-0.05, 0) is 42.5 Å². The van der Waals surface area contributed by atoms with E-state index in [0.29, 0.717) is 0 Å². The Bertz CT molecular complexity index is 944. The summed E-state index contributed by atoms with van der Waals surface area (Å²) in [5, 5.41) is 5.32. The van der Waals surface area contributed by atoms with Crippen molar-refractivity contribution in [3.8, 4) is 11.1 Å². The Hall–Kier alpha value is -2.81. The summed E-state index contributed by atoms with van der Waals surface area (Å²) < 4.78 is 7.60. The maximum Gasteiger partial charge on any atom is 0.141 e. The van der Waals surface area contributed by atoms with Gasteiger partial charge < -0.3 is 9.09 Å². The minimum Gasteiger partial charge on any atom is -0.361 e. The second-order valence-electron chi connectivity index (χ2n) is 5.90. The number of aryl methyl sites for hydroxylation is 2. The van der Waals surface area contributed by atoms with E-state index in [1.54, 1.807) is 0 Å². The van der Waals surface area contributed by atoms with Crippen LogP contribution >= 0.6 is 0 Å². The Balaban J connectivity index is 1.80. The highest BCUT2D eigenvalue weighted by Crippen LogP contribution is 2.30. The van der Waals surface area contributed by atoms with Gasteiger partial charge in [-0.25, -0.2) is 0 Å². The molecule has 0 saturated carbocycles. The van der Waals surface area contributed by atoms with Gasteiger partial charge in [0, 0.05) is 23.8 Å². The summed E-state index contributed by atoms with van der Waals surface area (Å²) in [4.78, 5) is 0. The summed E-state index contributed by atoms with van der Waals surface area (Å²) >= 11 is 0. The molecule has 0 fully saturated rings. The van der Waals surface area contributed by atoms with Gasteiger partial charge in [-0.1, -0.05) is 47.6 Å². The molecule has 0 radical (unpaired) electrons. The molecule has 0 aliphatic carbocycles. The van der Waals surface area contributed by atoms with Gasteiger partial charge >= 0.3 is 0 Å². The molecule has 3 heteroatoms. The first-order valence-corrected chi connectivity index (χ1v) is 7.78. The van der Waals surface area contributed by atoms with Crippen LogP contribution in [0.25, 0.3) is 22.0 Å². The number of fused-ring (bicyclic) bond motifs is 1. The summed E-state index contributed by atoms with van der Waals surface area (Å²) in [7, 11) is 0. The van der Waals surface area contributed by atoms with Crippen LogP contribution in [0, 0.1) is 13.8 Å².